The molecule has 1 aromatic rings. The fourth-order valence-electron chi connectivity index (χ4n) is 3.69. The van der Waals surface area contributed by atoms with Gasteiger partial charge in [0.05, 0.1) is 5.60 Å². The highest BCUT2D eigenvalue weighted by Crippen LogP contribution is 2.55. The summed E-state index contributed by atoms with van der Waals surface area (Å²) in [6.07, 6.45) is 4.78. The van der Waals surface area contributed by atoms with E-state index in [1.807, 2.05) is 6.07 Å². The van der Waals surface area contributed by atoms with Crippen molar-refractivity contribution >= 4 is 0 Å². The van der Waals surface area contributed by atoms with Crippen LogP contribution in [-0.4, -0.2) is 5.11 Å². The first-order valence-corrected chi connectivity index (χ1v) is 5.98. The molecular weight excluding hydrogens is 184 g/mol. The van der Waals surface area contributed by atoms with E-state index in [2.05, 4.69) is 25.1 Å². The largest absolute Gasteiger partial charge is 0.385 e. The molecule has 1 N–H and O–H groups in total. The molecule has 2 bridgehead atoms. The predicted octanol–water partition coefficient (Wildman–Crippen LogP) is 3.00. The second kappa shape index (κ2) is 3.08. The van der Waals surface area contributed by atoms with Crippen molar-refractivity contribution in [3.05, 3.63) is 35.4 Å². The molecule has 2 fully saturated rings. The molecule has 0 spiro atoms. The van der Waals surface area contributed by atoms with Gasteiger partial charge in [0.1, 0.15) is 0 Å². The third kappa shape index (κ3) is 1.26. The van der Waals surface area contributed by atoms with Crippen LogP contribution in [-0.2, 0) is 5.60 Å². The zero-order valence-electron chi connectivity index (χ0n) is 9.24. The summed E-state index contributed by atoms with van der Waals surface area (Å²) >= 11 is 0. The van der Waals surface area contributed by atoms with E-state index in [0.717, 1.165) is 12.3 Å². The maximum absolute atomic E-state index is 10.8. The van der Waals surface area contributed by atoms with Gasteiger partial charge >= 0.3 is 0 Å². The molecular formula is C14H18O. The molecule has 2 saturated carbocycles. The van der Waals surface area contributed by atoms with Gasteiger partial charge in [0, 0.05) is 0 Å². The van der Waals surface area contributed by atoms with Crippen LogP contribution in [0.2, 0.25) is 0 Å². The van der Waals surface area contributed by atoms with Crippen molar-refractivity contribution in [2.24, 2.45) is 11.8 Å². The molecule has 0 saturated heterocycles. The highest BCUT2D eigenvalue weighted by atomic mass is 16.3. The summed E-state index contributed by atoms with van der Waals surface area (Å²) in [5, 5.41) is 10.8. The number of rotatable bonds is 1. The van der Waals surface area contributed by atoms with Crippen LogP contribution in [0.5, 0.6) is 0 Å². The van der Waals surface area contributed by atoms with Crippen molar-refractivity contribution in [2.75, 3.05) is 0 Å². The van der Waals surface area contributed by atoms with E-state index in [0.29, 0.717) is 5.92 Å². The van der Waals surface area contributed by atoms with E-state index >= 15 is 0 Å². The molecule has 15 heavy (non-hydrogen) atoms. The standard InChI is InChI=1S/C14H18O/c1-10-4-2-3-5-13(10)14(15)9-11-6-7-12(14)8-11/h2-5,11-12,15H,6-9H2,1H3. The first-order valence-electron chi connectivity index (χ1n) is 5.98. The van der Waals surface area contributed by atoms with Crippen LogP contribution >= 0.6 is 0 Å². The summed E-state index contributed by atoms with van der Waals surface area (Å²) in [5.74, 6) is 1.29. The minimum Gasteiger partial charge on any atom is -0.385 e. The van der Waals surface area contributed by atoms with Crippen molar-refractivity contribution in [3.63, 3.8) is 0 Å². The normalized spacial score (nSPS) is 38.5. The molecule has 1 nitrogen and oxygen atoms in total. The van der Waals surface area contributed by atoms with Gasteiger partial charge < -0.3 is 5.11 Å². The number of fused-ring (bicyclic) bond motifs is 2. The molecule has 2 aliphatic rings. The van der Waals surface area contributed by atoms with E-state index in [1.54, 1.807) is 0 Å². The molecule has 0 heterocycles. The van der Waals surface area contributed by atoms with Crippen LogP contribution in [0.25, 0.3) is 0 Å². The Kier molecular flexibility index (Phi) is 1.93. The molecule has 3 atom stereocenters. The van der Waals surface area contributed by atoms with Crippen LogP contribution < -0.4 is 0 Å². The summed E-state index contributed by atoms with van der Waals surface area (Å²) in [6.45, 7) is 2.11. The van der Waals surface area contributed by atoms with Gasteiger partial charge in [-0.15, -0.1) is 0 Å². The minimum atomic E-state index is -0.506. The number of hydrogen-bond acceptors (Lipinski definition) is 1. The van der Waals surface area contributed by atoms with Crippen molar-refractivity contribution < 1.29 is 5.11 Å². The topological polar surface area (TPSA) is 20.2 Å². The Morgan fingerprint density at radius 3 is 2.67 bits per heavy atom. The molecule has 0 amide bonds. The molecule has 3 unspecified atom stereocenters. The molecule has 0 aliphatic heterocycles. The zero-order valence-corrected chi connectivity index (χ0v) is 9.24. The summed E-state index contributed by atoms with van der Waals surface area (Å²) in [6, 6.07) is 8.32. The fraction of sp³-hybridized carbons (Fsp3) is 0.571. The lowest BCUT2D eigenvalue weighted by molar-refractivity contribution is -0.0187. The van der Waals surface area contributed by atoms with Crippen molar-refractivity contribution in [1.82, 2.24) is 0 Å². The third-order valence-corrected chi connectivity index (χ3v) is 4.43. The average Bonchev–Trinajstić information content (AvgIpc) is 2.78. The van der Waals surface area contributed by atoms with E-state index in [1.165, 1.54) is 30.4 Å². The fourth-order valence-corrected chi connectivity index (χ4v) is 3.69. The van der Waals surface area contributed by atoms with E-state index in [9.17, 15) is 5.11 Å². The summed E-state index contributed by atoms with van der Waals surface area (Å²) in [5.41, 5.74) is 1.92. The Hall–Kier alpha value is -0.820. The van der Waals surface area contributed by atoms with Gasteiger partial charge in [0.2, 0.25) is 0 Å². The van der Waals surface area contributed by atoms with E-state index < -0.39 is 5.60 Å². The number of hydrogen-bond donors (Lipinski definition) is 1. The Balaban J connectivity index is 2.04. The number of aryl methyl sites for hydroxylation is 1. The van der Waals surface area contributed by atoms with Crippen LogP contribution in [0.3, 0.4) is 0 Å². The molecule has 3 rings (SSSR count). The number of aliphatic hydroxyl groups is 1. The van der Waals surface area contributed by atoms with Gasteiger partial charge in [0.15, 0.2) is 0 Å². The third-order valence-electron chi connectivity index (χ3n) is 4.43. The monoisotopic (exact) mass is 202 g/mol. The van der Waals surface area contributed by atoms with Gasteiger partial charge in [-0.3, -0.25) is 0 Å². The highest BCUT2D eigenvalue weighted by molar-refractivity contribution is 5.33. The first kappa shape index (κ1) is 9.41. The lowest BCUT2D eigenvalue weighted by Crippen LogP contribution is -2.32. The van der Waals surface area contributed by atoms with Crippen LogP contribution in [0.4, 0.5) is 0 Å². The van der Waals surface area contributed by atoms with Crippen molar-refractivity contribution in [2.45, 2.75) is 38.2 Å². The Morgan fingerprint density at radius 1 is 1.27 bits per heavy atom. The second-order valence-electron chi connectivity index (χ2n) is 5.32. The van der Waals surface area contributed by atoms with Gasteiger partial charge in [0.25, 0.3) is 0 Å². The lowest BCUT2D eigenvalue weighted by Gasteiger charge is -2.34. The maximum atomic E-state index is 10.8. The Bertz CT molecular complexity index is 385. The van der Waals surface area contributed by atoms with Crippen LogP contribution in [0.1, 0.15) is 36.8 Å². The smallest absolute Gasteiger partial charge is 0.0929 e. The second-order valence-corrected chi connectivity index (χ2v) is 5.32. The molecule has 0 aromatic heterocycles. The van der Waals surface area contributed by atoms with Crippen molar-refractivity contribution in [1.29, 1.82) is 0 Å². The average molecular weight is 202 g/mol. The summed E-state index contributed by atoms with van der Waals surface area (Å²) in [4.78, 5) is 0. The Morgan fingerprint density at radius 2 is 2.07 bits per heavy atom. The van der Waals surface area contributed by atoms with E-state index in [-0.39, 0.29) is 0 Å². The minimum absolute atomic E-state index is 0.506. The van der Waals surface area contributed by atoms with Gasteiger partial charge in [-0.1, -0.05) is 24.3 Å². The summed E-state index contributed by atoms with van der Waals surface area (Å²) in [7, 11) is 0. The molecule has 0 radical (unpaired) electrons. The molecule has 1 aromatic carbocycles. The maximum Gasteiger partial charge on any atom is 0.0929 e. The lowest BCUT2D eigenvalue weighted by atomic mass is 9.77. The Labute approximate surface area is 91.1 Å². The van der Waals surface area contributed by atoms with Gasteiger partial charge in [-0.2, -0.15) is 0 Å². The van der Waals surface area contributed by atoms with Crippen LogP contribution in [0.15, 0.2) is 24.3 Å². The SMILES string of the molecule is Cc1ccccc1C1(O)CC2CCC1C2. The number of benzene rings is 1. The predicted molar refractivity (Wildman–Crippen MR) is 60.5 cm³/mol. The molecule has 1 heteroatoms. The van der Waals surface area contributed by atoms with Crippen molar-refractivity contribution in [3.8, 4) is 0 Å². The van der Waals surface area contributed by atoms with E-state index in [4.69, 9.17) is 0 Å². The van der Waals surface area contributed by atoms with Crippen LogP contribution in [0, 0.1) is 18.8 Å². The first-order chi connectivity index (χ1) is 7.20. The van der Waals surface area contributed by atoms with Gasteiger partial charge in [-0.25, -0.2) is 0 Å². The van der Waals surface area contributed by atoms with Gasteiger partial charge in [-0.05, 0) is 55.6 Å². The summed E-state index contributed by atoms with van der Waals surface area (Å²) < 4.78 is 0. The zero-order chi connectivity index (χ0) is 10.5. The highest BCUT2D eigenvalue weighted by Gasteiger charge is 2.51. The molecule has 2 aliphatic carbocycles. The molecule has 80 valence electrons. The quantitative estimate of drug-likeness (QED) is 0.742.